The molecule has 1 amide bonds. The smallest absolute Gasteiger partial charge is 0.339 e. The molecule has 7 nitrogen and oxygen atoms in total. The van der Waals surface area contributed by atoms with Crippen LogP contribution < -0.4 is 10.9 Å². The number of benzene rings is 2. The molecule has 0 aliphatic heterocycles. The molecule has 3 aromatic rings. The lowest BCUT2D eigenvalue weighted by Gasteiger charge is -2.08. The van der Waals surface area contributed by atoms with Crippen LogP contribution >= 0.6 is 0 Å². The number of pyridine rings is 1. The van der Waals surface area contributed by atoms with Gasteiger partial charge in [-0.05, 0) is 37.3 Å². The molecule has 0 radical (unpaired) electrons. The number of anilines is 1. The molecule has 2 N–H and O–H groups in total. The lowest BCUT2D eigenvalue weighted by molar-refractivity contribution is -0.119. The number of aromatic nitrogens is 1. The van der Waals surface area contributed by atoms with Gasteiger partial charge in [-0.25, -0.2) is 4.79 Å². The molecule has 1 heterocycles. The largest absolute Gasteiger partial charge is 0.452 e. The van der Waals surface area contributed by atoms with Gasteiger partial charge in [0.1, 0.15) is 0 Å². The van der Waals surface area contributed by atoms with Crippen LogP contribution in [0.1, 0.15) is 27.6 Å². The van der Waals surface area contributed by atoms with Crippen molar-refractivity contribution in [2.75, 3.05) is 11.9 Å². The van der Waals surface area contributed by atoms with Gasteiger partial charge >= 0.3 is 5.97 Å². The third-order valence-corrected chi connectivity index (χ3v) is 3.88. The summed E-state index contributed by atoms with van der Waals surface area (Å²) in [6.07, 6.45) is 0. The molecule has 2 aromatic carbocycles. The summed E-state index contributed by atoms with van der Waals surface area (Å²) >= 11 is 0. The lowest BCUT2D eigenvalue weighted by atomic mass is 10.1. The van der Waals surface area contributed by atoms with Gasteiger partial charge in [-0.1, -0.05) is 18.2 Å². The fraction of sp³-hybridized carbons (Fsp3) is 0.100. The molecule has 136 valence electrons. The molecule has 3 rings (SSSR count). The van der Waals surface area contributed by atoms with Gasteiger partial charge in [0, 0.05) is 28.2 Å². The highest BCUT2D eigenvalue weighted by Crippen LogP contribution is 2.15. The highest BCUT2D eigenvalue weighted by molar-refractivity contribution is 6.04. The molecule has 0 fully saturated rings. The van der Waals surface area contributed by atoms with Crippen molar-refractivity contribution in [3.05, 3.63) is 76.1 Å². The normalized spacial score (nSPS) is 10.4. The van der Waals surface area contributed by atoms with Crippen molar-refractivity contribution >= 4 is 34.3 Å². The topological polar surface area (TPSA) is 105 Å². The van der Waals surface area contributed by atoms with E-state index < -0.39 is 24.0 Å². The zero-order valence-corrected chi connectivity index (χ0v) is 14.4. The van der Waals surface area contributed by atoms with E-state index in [0.29, 0.717) is 22.2 Å². The molecular weight excluding hydrogens is 348 g/mol. The number of carbonyl (C=O) groups is 3. The number of para-hydroxylation sites is 1. The molecule has 0 aliphatic rings. The number of ketones is 1. The highest BCUT2D eigenvalue weighted by Gasteiger charge is 2.15. The Labute approximate surface area is 154 Å². The van der Waals surface area contributed by atoms with Gasteiger partial charge in [-0.3, -0.25) is 14.4 Å². The van der Waals surface area contributed by atoms with Crippen molar-refractivity contribution in [3.8, 4) is 0 Å². The van der Waals surface area contributed by atoms with Crippen molar-refractivity contribution in [2.45, 2.75) is 6.92 Å². The maximum absolute atomic E-state index is 12.3. The van der Waals surface area contributed by atoms with E-state index in [1.807, 2.05) is 0 Å². The van der Waals surface area contributed by atoms with Crippen molar-refractivity contribution in [3.63, 3.8) is 0 Å². The van der Waals surface area contributed by atoms with E-state index in [1.54, 1.807) is 48.5 Å². The number of H-pyrrole nitrogens is 1. The molecule has 0 bridgehead atoms. The number of amides is 1. The van der Waals surface area contributed by atoms with Crippen LogP contribution in [0.25, 0.3) is 10.9 Å². The molecule has 0 saturated heterocycles. The molecule has 0 unspecified atom stereocenters. The molecule has 0 aliphatic carbocycles. The second-order valence-corrected chi connectivity index (χ2v) is 5.85. The van der Waals surface area contributed by atoms with E-state index in [4.69, 9.17) is 4.74 Å². The van der Waals surface area contributed by atoms with E-state index in [-0.39, 0.29) is 11.3 Å². The number of ether oxygens (including phenoxy) is 1. The van der Waals surface area contributed by atoms with Gasteiger partial charge in [0.2, 0.25) is 5.56 Å². The summed E-state index contributed by atoms with van der Waals surface area (Å²) in [7, 11) is 0. The van der Waals surface area contributed by atoms with Crippen molar-refractivity contribution in [1.82, 2.24) is 4.98 Å². The van der Waals surface area contributed by atoms with Gasteiger partial charge in [0.25, 0.3) is 5.91 Å². The molecule has 1 aromatic heterocycles. The van der Waals surface area contributed by atoms with Gasteiger partial charge in [0.15, 0.2) is 12.4 Å². The van der Waals surface area contributed by atoms with Gasteiger partial charge in [0.05, 0.1) is 5.56 Å². The molecule has 7 heteroatoms. The summed E-state index contributed by atoms with van der Waals surface area (Å²) in [4.78, 5) is 49.8. The van der Waals surface area contributed by atoms with Crippen molar-refractivity contribution < 1.29 is 19.1 Å². The highest BCUT2D eigenvalue weighted by atomic mass is 16.5. The first kappa shape index (κ1) is 18.1. The maximum atomic E-state index is 12.3. The van der Waals surface area contributed by atoms with Crippen LogP contribution in [-0.2, 0) is 9.53 Å². The summed E-state index contributed by atoms with van der Waals surface area (Å²) in [5.41, 5.74) is 1.17. The molecule has 27 heavy (non-hydrogen) atoms. The first-order chi connectivity index (χ1) is 12.9. The van der Waals surface area contributed by atoms with Crippen LogP contribution in [-0.4, -0.2) is 29.3 Å². The number of hydrogen-bond acceptors (Lipinski definition) is 5. The second kappa shape index (κ2) is 7.65. The number of carbonyl (C=O) groups excluding carboxylic acids is 3. The first-order valence-electron chi connectivity index (χ1n) is 8.14. The number of rotatable bonds is 5. The van der Waals surface area contributed by atoms with Gasteiger partial charge in [-0.2, -0.15) is 0 Å². The summed E-state index contributed by atoms with van der Waals surface area (Å²) in [6.45, 7) is 0.944. The predicted octanol–water partition coefficient (Wildman–Crippen LogP) is 2.53. The van der Waals surface area contributed by atoms with Crippen molar-refractivity contribution in [1.29, 1.82) is 0 Å². The minimum atomic E-state index is -0.764. The summed E-state index contributed by atoms with van der Waals surface area (Å²) < 4.78 is 5.03. The third kappa shape index (κ3) is 4.27. The van der Waals surface area contributed by atoms with E-state index in [1.165, 1.54) is 6.92 Å². The zero-order valence-electron chi connectivity index (χ0n) is 14.4. The summed E-state index contributed by atoms with van der Waals surface area (Å²) in [5.74, 6) is -1.38. The monoisotopic (exact) mass is 364 g/mol. The average Bonchev–Trinajstić information content (AvgIpc) is 2.65. The fourth-order valence-corrected chi connectivity index (χ4v) is 2.57. The standard InChI is InChI=1S/C20H16N2O5/c1-12(23)13-6-8-14(9-7-13)21-19(25)11-27-20(26)16-10-18(24)22-17-5-3-2-4-15(16)17/h2-10H,11H2,1H3,(H,21,25)(H,22,24). The SMILES string of the molecule is CC(=O)c1ccc(NC(=O)COC(=O)c2cc(=O)[nH]c3ccccc23)cc1. The van der Waals surface area contributed by atoms with E-state index in [0.717, 1.165) is 6.07 Å². The van der Waals surface area contributed by atoms with Crippen LogP contribution in [0.3, 0.4) is 0 Å². The number of fused-ring (bicyclic) bond motifs is 1. The molecule has 0 spiro atoms. The Bertz CT molecular complexity index is 1080. The molecule has 0 saturated carbocycles. The summed E-state index contributed by atoms with van der Waals surface area (Å²) in [5, 5.41) is 3.10. The van der Waals surface area contributed by atoms with E-state index in [9.17, 15) is 19.2 Å². The van der Waals surface area contributed by atoms with Crippen LogP contribution in [0.2, 0.25) is 0 Å². The Balaban J connectivity index is 1.66. The van der Waals surface area contributed by atoms with Crippen LogP contribution in [0.4, 0.5) is 5.69 Å². The van der Waals surface area contributed by atoms with E-state index >= 15 is 0 Å². The minimum absolute atomic E-state index is 0.0770. The van der Waals surface area contributed by atoms with Crippen LogP contribution in [0, 0.1) is 0 Å². The Hall–Kier alpha value is -3.74. The third-order valence-electron chi connectivity index (χ3n) is 3.88. The fourth-order valence-electron chi connectivity index (χ4n) is 2.57. The number of nitrogens with one attached hydrogen (secondary N) is 2. The van der Waals surface area contributed by atoms with Gasteiger partial charge in [-0.15, -0.1) is 0 Å². The quantitative estimate of drug-likeness (QED) is 0.535. The molecular formula is C20H16N2O5. The van der Waals surface area contributed by atoms with Crippen LogP contribution in [0.15, 0.2) is 59.4 Å². The zero-order chi connectivity index (χ0) is 19.4. The summed E-state index contributed by atoms with van der Waals surface area (Å²) in [6, 6.07) is 14.3. The Kier molecular flexibility index (Phi) is 5.12. The van der Waals surface area contributed by atoms with Crippen molar-refractivity contribution in [2.24, 2.45) is 0 Å². The van der Waals surface area contributed by atoms with Gasteiger partial charge < -0.3 is 15.0 Å². The number of hydrogen-bond donors (Lipinski definition) is 2. The minimum Gasteiger partial charge on any atom is -0.452 e. The predicted molar refractivity (Wildman–Crippen MR) is 99.9 cm³/mol. The van der Waals surface area contributed by atoms with E-state index in [2.05, 4.69) is 10.3 Å². The first-order valence-corrected chi connectivity index (χ1v) is 8.14. The lowest BCUT2D eigenvalue weighted by Crippen LogP contribution is -2.22. The Morgan fingerprint density at radius 2 is 1.74 bits per heavy atom. The molecule has 0 atom stereocenters. The van der Waals surface area contributed by atoms with Crippen LogP contribution in [0.5, 0.6) is 0 Å². The maximum Gasteiger partial charge on any atom is 0.339 e. The Morgan fingerprint density at radius 1 is 1.04 bits per heavy atom. The second-order valence-electron chi connectivity index (χ2n) is 5.85. The number of esters is 1. The average molecular weight is 364 g/mol. The number of aromatic amines is 1. The number of Topliss-reactive ketones (excluding diaryl/α,β-unsaturated/α-hetero) is 1. The Morgan fingerprint density at radius 3 is 2.44 bits per heavy atom.